The van der Waals surface area contributed by atoms with Crippen molar-refractivity contribution in [3.05, 3.63) is 57.6 Å². The van der Waals surface area contributed by atoms with Gasteiger partial charge in [0.1, 0.15) is 5.82 Å². The van der Waals surface area contributed by atoms with Gasteiger partial charge in [-0.05, 0) is 36.6 Å². The largest absolute Gasteiger partial charge is 0.306 e. The van der Waals surface area contributed by atoms with E-state index in [9.17, 15) is 4.79 Å². The number of aromatic nitrogens is 4. The Hall–Kier alpha value is -2.03. The van der Waals surface area contributed by atoms with Gasteiger partial charge in [-0.1, -0.05) is 24.8 Å². The van der Waals surface area contributed by atoms with E-state index < -0.39 is 0 Å². The van der Waals surface area contributed by atoms with E-state index >= 15 is 0 Å². The standard InChI is InChI=1S/C20H23N5OS2/c1-2-27-20-21-10-14(11-22-20)12-25-7-3-5-15(13-25)16-9-18(26)24-19(23-16)17-6-4-8-28-17/h4,6,8-11,15H,2-3,5,7,12-13H2,1H3,(H,23,24,26). The summed E-state index contributed by atoms with van der Waals surface area (Å²) < 4.78 is 0. The molecule has 0 saturated carbocycles. The molecular formula is C20H23N5OS2. The third kappa shape index (κ3) is 4.68. The Bertz CT molecular complexity index is 955. The first kappa shape index (κ1) is 19.3. The molecule has 4 rings (SSSR count). The minimum Gasteiger partial charge on any atom is -0.306 e. The highest BCUT2D eigenvalue weighted by Crippen LogP contribution is 2.28. The van der Waals surface area contributed by atoms with Crippen molar-refractivity contribution in [2.45, 2.75) is 37.4 Å². The van der Waals surface area contributed by atoms with Gasteiger partial charge >= 0.3 is 0 Å². The second kappa shape index (κ2) is 8.98. The lowest BCUT2D eigenvalue weighted by atomic mass is 9.94. The molecule has 0 spiro atoms. The van der Waals surface area contributed by atoms with E-state index in [4.69, 9.17) is 4.98 Å². The van der Waals surface area contributed by atoms with Crippen LogP contribution in [0, 0.1) is 0 Å². The number of H-pyrrole nitrogens is 1. The molecular weight excluding hydrogens is 390 g/mol. The summed E-state index contributed by atoms with van der Waals surface area (Å²) in [7, 11) is 0. The third-order valence-corrected chi connectivity index (χ3v) is 6.44. The Balaban J connectivity index is 1.47. The second-order valence-corrected chi connectivity index (χ2v) is 9.06. The van der Waals surface area contributed by atoms with Gasteiger partial charge in [0.25, 0.3) is 5.56 Å². The van der Waals surface area contributed by atoms with Crippen LogP contribution in [-0.2, 0) is 6.54 Å². The molecule has 1 N–H and O–H groups in total. The Kier molecular flexibility index (Phi) is 6.19. The average Bonchev–Trinajstić information content (AvgIpc) is 3.24. The molecule has 0 bridgehead atoms. The second-order valence-electron chi connectivity index (χ2n) is 6.88. The number of hydrogen-bond donors (Lipinski definition) is 1. The van der Waals surface area contributed by atoms with Crippen molar-refractivity contribution in [3.8, 4) is 10.7 Å². The zero-order chi connectivity index (χ0) is 19.3. The highest BCUT2D eigenvalue weighted by Gasteiger charge is 2.23. The number of thioether (sulfide) groups is 1. The maximum atomic E-state index is 12.2. The molecule has 8 heteroatoms. The first-order chi connectivity index (χ1) is 13.7. The number of piperidine rings is 1. The van der Waals surface area contributed by atoms with Gasteiger partial charge in [0.15, 0.2) is 5.16 Å². The maximum absolute atomic E-state index is 12.2. The number of rotatable bonds is 6. The van der Waals surface area contributed by atoms with Crippen molar-refractivity contribution in [2.75, 3.05) is 18.8 Å². The van der Waals surface area contributed by atoms with Gasteiger partial charge in [-0.15, -0.1) is 11.3 Å². The SMILES string of the molecule is CCSc1ncc(CN2CCCC(c3cc(=O)[nH]c(-c4cccs4)n3)C2)cn1. The van der Waals surface area contributed by atoms with Crippen LogP contribution in [0.15, 0.2) is 45.9 Å². The molecule has 0 amide bonds. The summed E-state index contributed by atoms with van der Waals surface area (Å²) in [5.74, 6) is 1.92. The van der Waals surface area contributed by atoms with Crippen LogP contribution in [0.3, 0.4) is 0 Å². The van der Waals surface area contributed by atoms with Gasteiger partial charge in [-0.2, -0.15) is 0 Å². The topological polar surface area (TPSA) is 74.8 Å². The van der Waals surface area contributed by atoms with Crippen LogP contribution in [0.1, 0.15) is 36.9 Å². The lowest BCUT2D eigenvalue weighted by molar-refractivity contribution is 0.198. The molecule has 0 aromatic carbocycles. The number of nitrogens with zero attached hydrogens (tertiary/aromatic N) is 4. The number of thiophene rings is 1. The zero-order valence-corrected chi connectivity index (χ0v) is 17.4. The fraction of sp³-hybridized carbons (Fsp3) is 0.400. The summed E-state index contributed by atoms with van der Waals surface area (Å²) in [6.07, 6.45) is 6.00. The predicted octanol–water partition coefficient (Wildman–Crippen LogP) is 3.78. The molecule has 1 aliphatic heterocycles. The minimum atomic E-state index is -0.0806. The van der Waals surface area contributed by atoms with Gasteiger partial charge in [0, 0.05) is 43.0 Å². The molecule has 3 aromatic rings. The van der Waals surface area contributed by atoms with Crippen LogP contribution in [-0.4, -0.2) is 43.7 Å². The van der Waals surface area contributed by atoms with Crippen LogP contribution in [0.5, 0.6) is 0 Å². The number of aromatic amines is 1. The van der Waals surface area contributed by atoms with Gasteiger partial charge in [-0.3, -0.25) is 9.69 Å². The number of nitrogens with one attached hydrogen (secondary N) is 1. The van der Waals surface area contributed by atoms with E-state index in [0.717, 1.165) is 59.5 Å². The summed E-state index contributed by atoms with van der Waals surface area (Å²) in [4.78, 5) is 32.1. The van der Waals surface area contributed by atoms with Gasteiger partial charge in [0.05, 0.1) is 10.6 Å². The first-order valence-corrected chi connectivity index (χ1v) is 11.4. The molecule has 146 valence electrons. The summed E-state index contributed by atoms with van der Waals surface area (Å²) in [5, 5.41) is 2.83. The number of likely N-dealkylation sites (tertiary alicyclic amines) is 1. The van der Waals surface area contributed by atoms with E-state index in [1.54, 1.807) is 29.2 Å². The van der Waals surface area contributed by atoms with Gasteiger partial charge < -0.3 is 4.98 Å². The fourth-order valence-corrected chi connectivity index (χ4v) is 4.72. The predicted molar refractivity (Wildman–Crippen MR) is 114 cm³/mol. The number of hydrogen-bond acceptors (Lipinski definition) is 7. The van der Waals surface area contributed by atoms with Crippen molar-refractivity contribution in [3.63, 3.8) is 0 Å². The van der Waals surface area contributed by atoms with Crippen molar-refractivity contribution < 1.29 is 0 Å². The lowest BCUT2D eigenvalue weighted by Gasteiger charge is -2.32. The fourth-order valence-electron chi connectivity index (χ4n) is 3.54. The summed E-state index contributed by atoms with van der Waals surface area (Å²) in [6.45, 7) is 4.87. The Morgan fingerprint density at radius 1 is 1.36 bits per heavy atom. The summed E-state index contributed by atoms with van der Waals surface area (Å²) in [6, 6.07) is 5.62. The Labute approximate surface area is 172 Å². The van der Waals surface area contributed by atoms with Crippen molar-refractivity contribution in [1.82, 2.24) is 24.8 Å². The Morgan fingerprint density at radius 2 is 2.21 bits per heavy atom. The van der Waals surface area contributed by atoms with Gasteiger partial charge in [0.2, 0.25) is 0 Å². The summed E-state index contributed by atoms with van der Waals surface area (Å²) in [5.41, 5.74) is 1.94. The van der Waals surface area contributed by atoms with Crippen LogP contribution >= 0.6 is 23.1 Å². The van der Waals surface area contributed by atoms with Crippen molar-refractivity contribution >= 4 is 23.1 Å². The quantitative estimate of drug-likeness (QED) is 0.490. The molecule has 3 aromatic heterocycles. The zero-order valence-electron chi connectivity index (χ0n) is 15.8. The third-order valence-electron chi connectivity index (χ3n) is 4.80. The maximum Gasteiger partial charge on any atom is 0.251 e. The molecule has 28 heavy (non-hydrogen) atoms. The first-order valence-electron chi connectivity index (χ1n) is 9.52. The molecule has 6 nitrogen and oxygen atoms in total. The van der Waals surface area contributed by atoms with Crippen LogP contribution in [0.25, 0.3) is 10.7 Å². The van der Waals surface area contributed by atoms with Crippen LogP contribution in [0.2, 0.25) is 0 Å². The molecule has 1 saturated heterocycles. The molecule has 0 radical (unpaired) electrons. The van der Waals surface area contributed by atoms with E-state index in [-0.39, 0.29) is 11.5 Å². The average molecular weight is 414 g/mol. The van der Waals surface area contributed by atoms with E-state index in [1.807, 2.05) is 29.9 Å². The minimum absolute atomic E-state index is 0.0806. The molecule has 1 aliphatic rings. The van der Waals surface area contributed by atoms with E-state index in [1.165, 1.54) is 0 Å². The molecule has 1 unspecified atom stereocenters. The van der Waals surface area contributed by atoms with Gasteiger partial charge in [-0.25, -0.2) is 15.0 Å². The molecule has 4 heterocycles. The molecule has 0 aliphatic carbocycles. The normalized spacial score (nSPS) is 17.7. The highest BCUT2D eigenvalue weighted by atomic mass is 32.2. The lowest BCUT2D eigenvalue weighted by Crippen LogP contribution is -2.34. The summed E-state index contributed by atoms with van der Waals surface area (Å²) >= 11 is 3.24. The smallest absolute Gasteiger partial charge is 0.251 e. The van der Waals surface area contributed by atoms with Crippen LogP contribution < -0.4 is 5.56 Å². The molecule has 1 fully saturated rings. The van der Waals surface area contributed by atoms with Crippen LogP contribution in [0.4, 0.5) is 0 Å². The highest BCUT2D eigenvalue weighted by molar-refractivity contribution is 7.99. The molecule has 1 atom stereocenters. The van der Waals surface area contributed by atoms with E-state index in [2.05, 4.69) is 26.8 Å². The monoisotopic (exact) mass is 413 g/mol. The van der Waals surface area contributed by atoms with E-state index in [0.29, 0.717) is 5.82 Å². The Morgan fingerprint density at radius 3 is 2.96 bits per heavy atom. The van der Waals surface area contributed by atoms with Crippen molar-refractivity contribution in [1.29, 1.82) is 0 Å². The van der Waals surface area contributed by atoms with Crippen molar-refractivity contribution in [2.24, 2.45) is 0 Å².